The van der Waals surface area contributed by atoms with Crippen LogP contribution in [0.15, 0.2) is 30.3 Å². The summed E-state index contributed by atoms with van der Waals surface area (Å²) in [6.45, 7) is 3.38. The Morgan fingerprint density at radius 1 is 1.04 bits per heavy atom. The van der Waals surface area contributed by atoms with Crippen LogP contribution in [0.1, 0.15) is 25.8 Å². The van der Waals surface area contributed by atoms with Crippen LogP contribution < -0.4 is 16.0 Å². The predicted molar refractivity (Wildman–Crippen MR) is 95.1 cm³/mol. The highest BCUT2D eigenvalue weighted by molar-refractivity contribution is 5.88. The molecule has 1 aromatic rings. The van der Waals surface area contributed by atoms with Crippen LogP contribution in [0.5, 0.6) is 0 Å². The summed E-state index contributed by atoms with van der Waals surface area (Å²) in [4.78, 5) is 45.7. The van der Waals surface area contributed by atoms with E-state index in [1.54, 1.807) is 0 Å². The summed E-state index contributed by atoms with van der Waals surface area (Å²) in [6.07, 6.45) is 0.466. The second-order valence-electron chi connectivity index (χ2n) is 6.13. The van der Waals surface area contributed by atoms with E-state index in [4.69, 9.17) is 4.74 Å². The molecule has 1 atom stereocenters. The van der Waals surface area contributed by atoms with Gasteiger partial charge in [0.15, 0.2) is 0 Å². The van der Waals surface area contributed by atoms with Crippen molar-refractivity contribution in [2.24, 2.45) is 5.92 Å². The first-order valence-corrected chi connectivity index (χ1v) is 8.36. The summed E-state index contributed by atoms with van der Waals surface area (Å²) in [6, 6.07) is 8.54. The normalized spacial score (nSPS) is 11.3. The smallest absolute Gasteiger partial charge is 0.407 e. The van der Waals surface area contributed by atoms with Crippen LogP contribution in [-0.4, -0.2) is 43.3 Å². The van der Waals surface area contributed by atoms with Crippen molar-refractivity contribution in [2.75, 3.05) is 13.1 Å². The molecular formula is C18H25N3O5. The van der Waals surface area contributed by atoms with E-state index in [1.807, 2.05) is 44.2 Å². The number of carbonyl (C=O) groups is 4. The van der Waals surface area contributed by atoms with E-state index in [0.717, 1.165) is 5.56 Å². The number of nitrogens with one attached hydrogen (secondary N) is 3. The van der Waals surface area contributed by atoms with Crippen LogP contribution in [0.4, 0.5) is 4.79 Å². The van der Waals surface area contributed by atoms with E-state index >= 15 is 0 Å². The molecule has 1 rings (SSSR count). The Kier molecular flexibility index (Phi) is 9.45. The molecule has 0 spiro atoms. The maximum absolute atomic E-state index is 11.7. The number of aldehydes is 1. The Morgan fingerprint density at radius 2 is 1.69 bits per heavy atom. The zero-order valence-corrected chi connectivity index (χ0v) is 15.0. The molecule has 3 amide bonds. The topological polar surface area (TPSA) is 114 Å². The first kappa shape index (κ1) is 21.1. The minimum absolute atomic E-state index is 0.0969. The quantitative estimate of drug-likeness (QED) is 0.531. The van der Waals surface area contributed by atoms with E-state index in [-0.39, 0.29) is 25.6 Å². The number of rotatable bonds is 10. The molecule has 0 aromatic heterocycles. The van der Waals surface area contributed by atoms with Gasteiger partial charge in [-0.1, -0.05) is 44.2 Å². The van der Waals surface area contributed by atoms with Gasteiger partial charge in [-0.2, -0.15) is 0 Å². The molecule has 0 aliphatic heterocycles. The van der Waals surface area contributed by atoms with Crippen LogP contribution in [0.25, 0.3) is 0 Å². The van der Waals surface area contributed by atoms with Gasteiger partial charge in [0.2, 0.25) is 11.8 Å². The van der Waals surface area contributed by atoms with Crippen LogP contribution in [-0.2, 0) is 25.7 Å². The van der Waals surface area contributed by atoms with E-state index in [9.17, 15) is 19.2 Å². The van der Waals surface area contributed by atoms with Crippen molar-refractivity contribution < 1.29 is 23.9 Å². The summed E-state index contributed by atoms with van der Waals surface area (Å²) in [5.41, 5.74) is 0.829. The fourth-order valence-electron chi connectivity index (χ4n) is 2.08. The number of carbonyl (C=O) groups excluding carboxylic acids is 4. The number of benzene rings is 1. The zero-order valence-electron chi connectivity index (χ0n) is 15.0. The van der Waals surface area contributed by atoms with Crippen molar-refractivity contribution >= 4 is 24.2 Å². The third-order valence-corrected chi connectivity index (χ3v) is 3.29. The number of hydrogen-bond donors (Lipinski definition) is 3. The van der Waals surface area contributed by atoms with Gasteiger partial charge in [-0.15, -0.1) is 0 Å². The molecule has 0 aliphatic carbocycles. The Hall–Kier alpha value is -2.90. The van der Waals surface area contributed by atoms with Gasteiger partial charge in [-0.05, 0) is 17.9 Å². The number of alkyl carbamates (subject to hydrolysis) is 1. The van der Waals surface area contributed by atoms with Crippen molar-refractivity contribution in [3.8, 4) is 0 Å². The lowest BCUT2D eigenvalue weighted by Gasteiger charge is -2.15. The highest BCUT2D eigenvalue weighted by Gasteiger charge is 2.14. The van der Waals surface area contributed by atoms with Gasteiger partial charge in [-0.3, -0.25) is 9.59 Å². The summed E-state index contributed by atoms with van der Waals surface area (Å²) in [5, 5.41) is 7.17. The molecule has 142 valence electrons. The molecule has 8 nitrogen and oxygen atoms in total. The predicted octanol–water partition coefficient (Wildman–Crippen LogP) is 0.759. The molecule has 1 aromatic carbocycles. The van der Waals surface area contributed by atoms with Gasteiger partial charge in [0.25, 0.3) is 0 Å². The summed E-state index contributed by atoms with van der Waals surface area (Å²) < 4.78 is 4.96. The molecule has 0 heterocycles. The van der Waals surface area contributed by atoms with Crippen LogP contribution in [0.3, 0.4) is 0 Å². The largest absolute Gasteiger partial charge is 0.445 e. The molecule has 0 aliphatic rings. The molecule has 8 heteroatoms. The van der Waals surface area contributed by atoms with E-state index < -0.39 is 23.9 Å². The molecule has 0 unspecified atom stereocenters. The second kappa shape index (κ2) is 11.6. The molecule has 0 fully saturated rings. The monoisotopic (exact) mass is 363 g/mol. The third-order valence-electron chi connectivity index (χ3n) is 3.29. The molecule has 0 saturated heterocycles. The minimum atomic E-state index is -0.730. The van der Waals surface area contributed by atoms with E-state index in [0.29, 0.717) is 12.7 Å². The Bertz CT molecular complexity index is 604. The average Bonchev–Trinajstić information content (AvgIpc) is 2.62. The van der Waals surface area contributed by atoms with Gasteiger partial charge in [-0.25, -0.2) is 4.79 Å². The fraction of sp³-hybridized carbons (Fsp3) is 0.444. The Labute approximate surface area is 152 Å². The first-order valence-electron chi connectivity index (χ1n) is 8.36. The second-order valence-corrected chi connectivity index (χ2v) is 6.13. The zero-order chi connectivity index (χ0) is 19.4. The van der Waals surface area contributed by atoms with Gasteiger partial charge in [0.1, 0.15) is 19.4 Å². The van der Waals surface area contributed by atoms with Crippen LogP contribution >= 0.6 is 0 Å². The molecule has 0 saturated carbocycles. The third kappa shape index (κ3) is 9.41. The van der Waals surface area contributed by atoms with E-state index in [2.05, 4.69) is 16.0 Å². The maximum Gasteiger partial charge on any atom is 0.407 e. The number of amides is 3. The molecule has 0 radical (unpaired) electrons. The van der Waals surface area contributed by atoms with Crippen molar-refractivity contribution in [3.05, 3.63) is 35.9 Å². The van der Waals surface area contributed by atoms with Gasteiger partial charge >= 0.3 is 6.09 Å². The SMILES string of the molecule is CC(C)C[C@@H](C=O)NC(=O)CNC(=O)CNC(=O)OCc1ccccc1. The molecule has 3 N–H and O–H groups in total. The lowest BCUT2D eigenvalue weighted by atomic mass is 10.1. The first-order chi connectivity index (χ1) is 12.4. The highest BCUT2D eigenvalue weighted by atomic mass is 16.5. The highest BCUT2D eigenvalue weighted by Crippen LogP contribution is 2.02. The van der Waals surface area contributed by atoms with Crippen LogP contribution in [0.2, 0.25) is 0 Å². The van der Waals surface area contributed by atoms with E-state index in [1.165, 1.54) is 0 Å². The van der Waals surface area contributed by atoms with Crippen molar-refractivity contribution in [2.45, 2.75) is 32.9 Å². The summed E-state index contributed by atoms with van der Waals surface area (Å²) >= 11 is 0. The standard InChI is InChI=1S/C18H25N3O5/c1-13(2)8-15(11-22)21-17(24)10-19-16(23)9-20-18(25)26-12-14-6-4-3-5-7-14/h3-7,11,13,15H,8-10,12H2,1-2H3,(H,19,23)(H,20,25)(H,21,24)/t15-/m0/s1. The van der Waals surface area contributed by atoms with Crippen molar-refractivity contribution in [1.29, 1.82) is 0 Å². The Morgan fingerprint density at radius 3 is 2.31 bits per heavy atom. The maximum atomic E-state index is 11.7. The minimum Gasteiger partial charge on any atom is -0.445 e. The molecule has 26 heavy (non-hydrogen) atoms. The number of ether oxygens (including phenoxy) is 1. The van der Waals surface area contributed by atoms with Crippen LogP contribution in [0, 0.1) is 5.92 Å². The molecule has 0 bridgehead atoms. The molecular weight excluding hydrogens is 338 g/mol. The summed E-state index contributed by atoms with van der Waals surface area (Å²) in [7, 11) is 0. The van der Waals surface area contributed by atoms with Crippen molar-refractivity contribution in [3.63, 3.8) is 0 Å². The summed E-state index contributed by atoms with van der Waals surface area (Å²) in [5.74, 6) is -0.753. The lowest BCUT2D eigenvalue weighted by Crippen LogP contribution is -2.45. The lowest BCUT2D eigenvalue weighted by molar-refractivity contribution is -0.126. The van der Waals surface area contributed by atoms with Gasteiger partial charge < -0.3 is 25.5 Å². The fourth-order valence-corrected chi connectivity index (χ4v) is 2.08. The average molecular weight is 363 g/mol. The van der Waals surface area contributed by atoms with Gasteiger partial charge in [0.05, 0.1) is 12.6 Å². The Balaban J connectivity index is 2.20. The number of hydrogen-bond acceptors (Lipinski definition) is 5. The van der Waals surface area contributed by atoms with Crippen molar-refractivity contribution in [1.82, 2.24) is 16.0 Å². The van der Waals surface area contributed by atoms with Gasteiger partial charge in [0, 0.05) is 0 Å².